The lowest BCUT2D eigenvalue weighted by Gasteiger charge is -2.30. The second-order valence-electron chi connectivity index (χ2n) is 7.91. The molecule has 1 amide bonds. The molecule has 0 radical (unpaired) electrons. The Morgan fingerprint density at radius 2 is 2.03 bits per heavy atom. The van der Waals surface area contributed by atoms with Crippen LogP contribution in [0.15, 0.2) is 36.5 Å². The third kappa shape index (κ3) is 4.72. The molecule has 2 aromatic heterocycles. The van der Waals surface area contributed by atoms with E-state index < -0.39 is 11.7 Å². The largest absolute Gasteiger partial charge is 0.494 e. The maximum absolute atomic E-state index is 14.7. The Morgan fingerprint density at radius 1 is 1.22 bits per heavy atom. The summed E-state index contributed by atoms with van der Waals surface area (Å²) >= 11 is 0. The number of hydrogen-bond acceptors (Lipinski definition) is 7. The molecule has 0 aliphatic heterocycles. The lowest BCUT2D eigenvalue weighted by atomic mass is 9.91. The van der Waals surface area contributed by atoms with Crippen LogP contribution in [0.3, 0.4) is 0 Å². The zero-order chi connectivity index (χ0) is 22.7. The first-order valence-electron chi connectivity index (χ1n) is 10.8. The van der Waals surface area contributed by atoms with Crippen molar-refractivity contribution >= 4 is 34.1 Å². The minimum absolute atomic E-state index is 0.0370. The first kappa shape index (κ1) is 21.8. The molecule has 3 aromatic rings. The van der Waals surface area contributed by atoms with Crippen LogP contribution in [0.2, 0.25) is 0 Å². The average molecular weight is 439 g/mol. The number of halogens is 1. The van der Waals surface area contributed by atoms with Crippen molar-refractivity contribution in [1.29, 1.82) is 0 Å². The number of nitrogens with two attached hydrogens (primary N) is 2. The minimum Gasteiger partial charge on any atom is -0.494 e. The molecule has 1 fully saturated rings. The van der Waals surface area contributed by atoms with E-state index in [1.807, 2.05) is 31.2 Å². The molecule has 168 valence electrons. The van der Waals surface area contributed by atoms with Crippen molar-refractivity contribution in [2.24, 2.45) is 11.5 Å². The number of rotatable bonds is 7. The van der Waals surface area contributed by atoms with Crippen LogP contribution in [0.4, 0.5) is 21.7 Å². The molecule has 1 aliphatic rings. The van der Waals surface area contributed by atoms with Gasteiger partial charge < -0.3 is 26.8 Å². The van der Waals surface area contributed by atoms with Gasteiger partial charge in [-0.05, 0) is 44.0 Å². The quantitative estimate of drug-likeness (QED) is 0.443. The number of anilines is 3. The molecule has 2 unspecified atom stereocenters. The first-order valence-corrected chi connectivity index (χ1v) is 10.8. The summed E-state index contributed by atoms with van der Waals surface area (Å²) in [5.41, 5.74) is 13.0. The number of benzene rings is 1. The minimum atomic E-state index is -0.782. The van der Waals surface area contributed by atoms with Gasteiger partial charge in [-0.1, -0.05) is 12.8 Å². The molecule has 2 heterocycles. The van der Waals surface area contributed by atoms with E-state index >= 15 is 0 Å². The summed E-state index contributed by atoms with van der Waals surface area (Å²) in [5.74, 6) is -0.508. The summed E-state index contributed by atoms with van der Waals surface area (Å²) in [6, 6.07) is 8.39. The lowest BCUT2D eigenvalue weighted by Crippen LogP contribution is -2.43. The molecule has 32 heavy (non-hydrogen) atoms. The number of hydrogen-bond donors (Lipinski definition) is 4. The number of carbonyl (C=O) groups is 1. The second kappa shape index (κ2) is 9.35. The van der Waals surface area contributed by atoms with Crippen LogP contribution < -0.4 is 26.8 Å². The second-order valence-corrected chi connectivity index (χ2v) is 7.91. The van der Waals surface area contributed by atoms with Crippen molar-refractivity contribution in [3.63, 3.8) is 0 Å². The molecule has 0 bridgehead atoms. The Balaban J connectivity index is 1.64. The molecule has 2 atom stereocenters. The van der Waals surface area contributed by atoms with Crippen LogP contribution in [0.1, 0.15) is 43.0 Å². The maximum atomic E-state index is 14.7. The molecule has 0 saturated heterocycles. The number of amides is 1. The van der Waals surface area contributed by atoms with Gasteiger partial charge in [-0.25, -0.2) is 9.37 Å². The fourth-order valence-corrected chi connectivity index (χ4v) is 3.95. The summed E-state index contributed by atoms with van der Waals surface area (Å²) in [5, 5.41) is 7.03. The Kier molecular flexibility index (Phi) is 6.36. The van der Waals surface area contributed by atoms with E-state index in [0.717, 1.165) is 48.4 Å². The Labute approximate surface area is 185 Å². The molecule has 8 nitrogen and oxygen atoms in total. The van der Waals surface area contributed by atoms with Crippen LogP contribution in [-0.2, 0) is 0 Å². The normalized spacial score (nSPS) is 18.3. The number of ether oxygens (including phenoxy) is 1. The third-order valence-electron chi connectivity index (χ3n) is 5.61. The molecule has 9 heteroatoms. The van der Waals surface area contributed by atoms with Gasteiger partial charge in [0.25, 0.3) is 5.91 Å². The highest BCUT2D eigenvalue weighted by atomic mass is 19.1. The SMILES string of the molecule is CCOc1ccc2cc(Nc3nc(NC4CCCCC4N)c(F)cc3C(N)=O)cnc2c1. The molecular weight excluding hydrogens is 411 g/mol. The van der Waals surface area contributed by atoms with Gasteiger partial charge in [0, 0.05) is 23.5 Å². The number of fused-ring (bicyclic) bond motifs is 1. The van der Waals surface area contributed by atoms with Gasteiger partial charge in [0.2, 0.25) is 0 Å². The van der Waals surface area contributed by atoms with E-state index in [1.54, 1.807) is 6.20 Å². The van der Waals surface area contributed by atoms with Gasteiger partial charge in [0.1, 0.15) is 11.6 Å². The third-order valence-corrected chi connectivity index (χ3v) is 5.61. The highest BCUT2D eigenvalue weighted by Crippen LogP contribution is 2.28. The van der Waals surface area contributed by atoms with E-state index in [1.165, 1.54) is 0 Å². The predicted octanol–water partition coefficient (Wildman–Crippen LogP) is 3.69. The van der Waals surface area contributed by atoms with Crippen molar-refractivity contribution < 1.29 is 13.9 Å². The molecule has 1 aliphatic carbocycles. The van der Waals surface area contributed by atoms with Crippen LogP contribution >= 0.6 is 0 Å². The van der Waals surface area contributed by atoms with Gasteiger partial charge in [-0.15, -0.1) is 0 Å². The molecular formula is C23H27FN6O2. The number of pyridine rings is 2. The molecule has 1 saturated carbocycles. The van der Waals surface area contributed by atoms with Crippen LogP contribution in [-0.4, -0.2) is 34.6 Å². The van der Waals surface area contributed by atoms with Gasteiger partial charge >= 0.3 is 0 Å². The van der Waals surface area contributed by atoms with Gasteiger partial charge in [0.15, 0.2) is 11.6 Å². The number of nitrogens with zero attached hydrogens (tertiary/aromatic N) is 2. The number of nitrogens with one attached hydrogen (secondary N) is 2. The van der Waals surface area contributed by atoms with Crippen molar-refractivity contribution in [1.82, 2.24) is 9.97 Å². The van der Waals surface area contributed by atoms with Gasteiger partial charge in [0.05, 0.1) is 29.6 Å². The Hall–Kier alpha value is -3.46. The summed E-state index contributed by atoms with van der Waals surface area (Å²) in [4.78, 5) is 20.7. The van der Waals surface area contributed by atoms with Crippen molar-refractivity contribution in [3.8, 4) is 5.75 Å². The highest BCUT2D eigenvalue weighted by Gasteiger charge is 2.24. The van der Waals surface area contributed by atoms with Crippen LogP contribution in [0, 0.1) is 5.82 Å². The van der Waals surface area contributed by atoms with E-state index in [9.17, 15) is 9.18 Å². The predicted molar refractivity (Wildman–Crippen MR) is 123 cm³/mol. The van der Waals surface area contributed by atoms with Crippen LogP contribution in [0.5, 0.6) is 5.75 Å². The molecule has 1 aromatic carbocycles. The van der Waals surface area contributed by atoms with Crippen molar-refractivity contribution in [2.45, 2.75) is 44.7 Å². The summed E-state index contributed by atoms with van der Waals surface area (Å²) < 4.78 is 20.2. The molecule has 4 rings (SSSR count). The number of primary amides is 1. The smallest absolute Gasteiger partial charge is 0.252 e. The van der Waals surface area contributed by atoms with Gasteiger partial charge in [-0.3, -0.25) is 9.78 Å². The van der Waals surface area contributed by atoms with E-state index in [4.69, 9.17) is 16.2 Å². The van der Waals surface area contributed by atoms with Crippen molar-refractivity contribution in [3.05, 3.63) is 47.9 Å². The summed E-state index contributed by atoms with van der Waals surface area (Å²) in [7, 11) is 0. The molecule has 6 N–H and O–H groups in total. The summed E-state index contributed by atoms with van der Waals surface area (Å²) in [6.45, 7) is 2.49. The Bertz CT molecular complexity index is 1140. The highest BCUT2D eigenvalue weighted by molar-refractivity contribution is 5.99. The maximum Gasteiger partial charge on any atom is 0.252 e. The fraction of sp³-hybridized carbons (Fsp3) is 0.348. The number of aromatic nitrogens is 2. The lowest BCUT2D eigenvalue weighted by molar-refractivity contribution is 0.100. The zero-order valence-corrected chi connectivity index (χ0v) is 17.9. The Morgan fingerprint density at radius 3 is 2.78 bits per heavy atom. The van der Waals surface area contributed by atoms with E-state index in [0.29, 0.717) is 12.3 Å². The topological polar surface area (TPSA) is 128 Å². The van der Waals surface area contributed by atoms with Gasteiger partial charge in [-0.2, -0.15) is 0 Å². The summed E-state index contributed by atoms with van der Waals surface area (Å²) in [6.07, 6.45) is 5.39. The van der Waals surface area contributed by atoms with Crippen molar-refractivity contribution in [2.75, 3.05) is 17.2 Å². The van der Waals surface area contributed by atoms with E-state index in [-0.39, 0.29) is 29.3 Å². The standard InChI is InChI=1S/C23H27FN6O2/c1-2-32-15-8-7-13-9-14(12-27-20(13)10-15)28-22-16(21(26)31)11-17(24)23(30-22)29-19-6-4-3-5-18(19)25/h7-12,18-19H,2-6,25H2,1H3,(H2,26,31)(H2,28,29,30). The molecule has 0 spiro atoms. The first-order chi connectivity index (χ1) is 15.4. The van der Waals surface area contributed by atoms with Crippen LogP contribution in [0.25, 0.3) is 10.9 Å². The van der Waals surface area contributed by atoms with E-state index in [2.05, 4.69) is 20.6 Å². The zero-order valence-electron chi connectivity index (χ0n) is 17.9. The fourth-order valence-electron chi connectivity index (χ4n) is 3.95. The number of carbonyl (C=O) groups excluding carboxylic acids is 1. The average Bonchev–Trinajstić information content (AvgIpc) is 2.77. The monoisotopic (exact) mass is 438 g/mol.